The van der Waals surface area contributed by atoms with Gasteiger partial charge in [-0.3, -0.25) is 4.79 Å². The molecular formula is C14H12N4O2S. The molecule has 106 valence electrons. The van der Waals surface area contributed by atoms with Crippen molar-refractivity contribution >= 4 is 33.9 Å². The van der Waals surface area contributed by atoms with E-state index in [2.05, 4.69) is 20.8 Å². The Labute approximate surface area is 124 Å². The first-order valence-corrected chi connectivity index (χ1v) is 7.10. The van der Waals surface area contributed by atoms with E-state index in [0.717, 1.165) is 10.8 Å². The molecule has 0 aliphatic carbocycles. The van der Waals surface area contributed by atoms with E-state index in [1.54, 1.807) is 37.4 Å². The van der Waals surface area contributed by atoms with Crippen LogP contribution < -0.4 is 10.6 Å². The van der Waals surface area contributed by atoms with Crippen molar-refractivity contribution in [2.45, 2.75) is 6.92 Å². The Kier molecular flexibility index (Phi) is 3.65. The molecule has 7 heteroatoms. The first kappa shape index (κ1) is 13.3. The van der Waals surface area contributed by atoms with Crippen molar-refractivity contribution in [3.8, 4) is 0 Å². The molecule has 0 bridgehead atoms. The smallest absolute Gasteiger partial charge is 0.256 e. The fourth-order valence-corrected chi connectivity index (χ4v) is 2.31. The van der Waals surface area contributed by atoms with Crippen LogP contribution in [0.5, 0.6) is 0 Å². The molecule has 0 saturated heterocycles. The van der Waals surface area contributed by atoms with Gasteiger partial charge in [0.15, 0.2) is 10.9 Å². The van der Waals surface area contributed by atoms with E-state index in [9.17, 15) is 4.79 Å². The summed E-state index contributed by atoms with van der Waals surface area (Å²) in [7, 11) is 0. The Morgan fingerprint density at radius 3 is 2.95 bits per heavy atom. The lowest BCUT2D eigenvalue weighted by Gasteiger charge is -2.05. The van der Waals surface area contributed by atoms with Crippen molar-refractivity contribution in [3.63, 3.8) is 0 Å². The van der Waals surface area contributed by atoms with Gasteiger partial charge in [-0.15, -0.1) is 11.3 Å². The molecule has 2 N–H and O–H groups in total. The van der Waals surface area contributed by atoms with Gasteiger partial charge in [-0.05, 0) is 25.1 Å². The molecule has 0 radical (unpaired) electrons. The SMILES string of the molecule is Cc1cc(NC(=O)c2cccc(Nc3nccs3)c2)no1. The largest absolute Gasteiger partial charge is 0.360 e. The first-order chi connectivity index (χ1) is 10.2. The fraction of sp³-hybridized carbons (Fsp3) is 0.0714. The van der Waals surface area contributed by atoms with Gasteiger partial charge in [-0.1, -0.05) is 11.2 Å². The van der Waals surface area contributed by atoms with Crippen LogP contribution in [-0.2, 0) is 0 Å². The molecule has 0 atom stereocenters. The summed E-state index contributed by atoms with van der Waals surface area (Å²) in [6.07, 6.45) is 1.72. The highest BCUT2D eigenvalue weighted by Crippen LogP contribution is 2.20. The minimum Gasteiger partial charge on any atom is -0.360 e. The number of thiazole rings is 1. The van der Waals surface area contributed by atoms with E-state index in [-0.39, 0.29) is 5.91 Å². The number of carbonyl (C=O) groups is 1. The third-order valence-corrected chi connectivity index (χ3v) is 3.37. The minimum atomic E-state index is -0.244. The fourth-order valence-electron chi connectivity index (χ4n) is 1.76. The summed E-state index contributed by atoms with van der Waals surface area (Å²) in [5.41, 5.74) is 1.33. The van der Waals surface area contributed by atoms with Gasteiger partial charge in [-0.2, -0.15) is 0 Å². The van der Waals surface area contributed by atoms with Crippen LogP contribution in [0.2, 0.25) is 0 Å². The topological polar surface area (TPSA) is 80.0 Å². The molecule has 2 heterocycles. The van der Waals surface area contributed by atoms with E-state index in [0.29, 0.717) is 17.1 Å². The van der Waals surface area contributed by atoms with Crippen LogP contribution in [0.4, 0.5) is 16.6 Å². The molecule has 1 amide bonds. The Balaban J connectivity index is 1.74. The highest BCUT2D eigenvalue weighted by Gasteiger charge is 2.09. The number of carbonyl (C=O) groups excluding carboxylic acids is 1. The molecule has 0 saturated carbocycles. The maximum Gasteiger partial charge on any atom is 0.256 e. The Hall–Kier alpha value is -2.67. The molecule has 0 aliphatic heterocycles. The third-order valence-electron chi connectivity index (χ3n) is 2.68. The maximum absolute atomic E-state index is 12.1. The van der Waals surface area contributed by atoms with E-state index in [1.807, 2.05) is 11.4 Å². The zero-order chi connectivity index (χ0) is 14.7. The normalized spacial score (nSPS) is 10.3. The molecule has 0 fully saturated rings. The van der Waals surface area contributed by atoms with Crippen molar-refractivity contribution in [2.24, 2.45) is 0 Å². The monoisotopic (exact) mass is 300 g/mol. The maximum atomic E-state index is 12.1. The zero-order valence-corrected chi connectivity index (χ0v) is 12.0. The number of aryl methyl sites for hydroxylation is 1. The van der Waals surface area contributed by atoms with Gasteiger partial charge in [0.1, 0.15) is 5.76 Å². The van der Waals surface area contributed by atoms with Gasteiger partial charge in [0.05, 0.1) is 0 Å². The quantitative estimate of drug-likeness (QED) is 0.771. The lowest BCUT2D eigenvalue weighted by Crippen LogP contribution is -2.12. The van der Waals surface area contributed by atoms with Crippen LogP contribution in [0, 0.1) is 6.92 Å². The van der Waals surface area contributed by atoms with Crippen LogP contribution in [0.1, 0.15) is 16.1 Å². The van der Waals surface area contributed by atoms with Crippen LogP contribution in [0.25, 0.3) is 0 Å². The molecule has 3 aromatic rings. The summed E-state index contributed by atoms with van der Waals surface area (Å²) >= 11 is 1.49. The standard InChI is InChI=1S/C14H12N4O2S/c1-9-7-12(18-20-9)17-13(19)10-3-2-4-11(8-10)16-14-15-5-6-21-14/h2-8H,1H3,(H,15,16)(H,17,18,19). The van der Waals surface area contributed by atoms with Crippen LogP contribution in [0.3, 0.4) is 0 Å². The average Bonchev–Trinajstić information content (AvgIpc) is 3.11. The van der Waals surface area contributed by atoms with Gasteiger partial charge in [0.2, 0.25) is 0 Å². The van der Waals surface area contributed by atoms with Crippen molar-refractivity contribution < 1.29 is 9.32 Å². The molecule has 0 aliphatic rings. The Morgan fingerprint density at radius 1 is 1.33 bits per heavy atom. The van der Waals surface area contributed by atoms with Crippen molar-refractivity contribution in [1.82, 2.24) is 10.1 Å². The van der Waals surface area contributed by atoms with Crippen molar-refractivity contribution in [1.29, 1.82) is 0 Å². The van der Waals surface area contributed by atoms with Crippen molar-refractivity contribution in [2.75, 3.05) is 10.6 Å². The molecule has 6 nitrogen and oxygen atoms in total. The lowest BCUT2D eigenvalue weighted by molar-refractivity contribution is 0.102. The summed E-state index contributed by atoms with van der Waals surface area (Å²) in [4.78, 5) is 16.3. The number of amides is 1. The van der Waals surface area contributed by atoms with Crippen LogP contribution in [-0.4, -0.2) is 16.0 Å². The first-order valence-electron chi connectivity index (χ1n) is 6.22. The van der Waals surface area contributed by atoms with Gasteiger partial charge in [0, 0.05) is 28.9 Å². The molecule has 21 heavy (non-hydrogen) atoms. The molecule has 0 spiro atoms. The van der Waals surface area contributed by atoms with E-state index < -0.39 is 0 Å². The molecular weight excluding hydrogens is 288 g/mol. The lowest BCUT2D eigenvalue weighted by atomic mass is 10.2. The van der Waals surface area contributed by atoms with Crippen LogP contribution >= 0.6 is 11.3 Å². The predicted octanol–water partition coefficient (Wildman–Crippen LogP) is 3.44. The van der Waals surface area contributed by atoms with Gasteiger partial charge < -0.3 is 15.2 Å². The van der Waals surface area contributed by atoms with Gasteiger partial charge in [0.25, 0.3) is 5.91 Å². The summed E-state index contributed by atoms with van der Waals surface area (Å²) in [6, 6.07) is 8.83. The predicted molar refractivity (Wildman–Crippen MR) is 81.0 cm³/mol. The summed E-state index contributed by atoms with van der Waals surface area (Å²) in [6.45, 7) is 1.77. The second-order valence-corrected chi connectivity index (χ2v) is 5.21. The number of nitrogens with zero attached hydrogens (tertiary/aromatic N) is 2. The number of aromatic nitrogens is 2. The third kappa shape index (κ3) is 3.26. The number of hydrogen-bond donors (Lipinski definition) is 2. The molecule has 0 unspecified atom stereocenters. The highest BCUT2D eigenvalue weighted by molar-refractivity contribution is 7.13. The van der Waals surface area contributed by atoms with E-state index >= 15 is 0 Å². The van der Waals surface area contributed by atoms with Gasteiger partial charge in [-0.25, -0.2) is 4.98 Å². The molecule has 2 aromatic heterocycles. The zero-order valence-electron chi connectivity index (χ0n) is 11.2. The second kappa shape index (κ2) is 5.76. The number of rotatable bonds is 4. The number of anilines is 3. The summed E-state index contributed by atoms with van der Waals surface area (Å²) in [5.74, 6) is 0.798. The average molecular weight is 300 g/mol. The molecule has 1 aromatic carbocycles. The number of nitrogens with one attached hydrogen (secondary N) is 2. The highest BCUT2D eigenvalue weighted by atomic mass is 32.1. The van der Waals surface area contributed by atoms with E-state index in [4.69, 9.17) is 4.52 Å². The van der Waals surface area contributed by atoms with Crippen LogP contribution in [0.15, 0.2) is 46.4 Å². The summed E-state index contributed by atoms with van der Waals surface area (Å²) < 4.78 is 4.91. The van der Waals surface area contributed by atoms with Crippen molar-refractivity contribution in [3.05, 3.63) is 53.2 Å². The second-order valence-electron chi connectivity index (χ2n) is 4.32. The Bertz CT molecular complexity index is 752. The van der Waals surface area contributed by atoms with E-state index in [1.165, 1.54) is 11.3 Å². The summed E-state index contributed by atoms with van der Waals surface area (Å²) in [5, 5.41) is 12.2. The number of benzene rings is 1. The number of hydrogen-bond acceptors (Lipinski definition) is 6. The Morgan fingerprint density at radius 2 is 2.24 bits per heavy atom. The van der Waals surface area contributed by atoms with Gasteiger partial charge >= 0.3 is 0 Å². The minimum absolute atomic E-state index is 0.244. The molecule has 3 rings (SSSR count).